The lowest BCUT2D eigenvalue weighted by molar-refractivity contribution is 0.496. The van der Waals surface area contributed by atoms with E-state index in [4.69, 9.17) is 5.73 Å². The monoisotopic (exact) mass is 195 g/mol. The van der Waals surface area contributed by atoms with Gasteiger partial charge in [-0.05, 0) is 18.3 Å². The third-order valence-electron chi connectivity index (χ3n) is 3.13. The summed E-state index contributed by atoms with van der Waals surface area (Å²) >= 11 is 0. The van der Waals surface area contributed by atoms with Crippen LogP contribution in [-0.4, -0.2) is 11.5 Å². The molecular weight excluding hydrogens is 174 g/mol. The first kappa shape index (κ1) is 11.2. The molecule has 3 heteroatoms. The van der Waals surface area contributed by atoms with E-state index in [0.717, 1.165) is 12.8 Å². The van der Waals surface area contributed by atoms with E-state index < -0.39 is 0 Å². The molecule has 0 spiro atoms. The summed E-state index contributed by atoms with van der Waals surface area (Å²) in [6, 6.07) is 0. The molecule has 2 N–H and O–H groups in total. The lowest BCUT2D eigenvalue weighted by atomic mass is 9.82. The van der Waals surface area contributed by atoms with Gasteiger partial charge in [-0.15, -0.1) is 5.10 Å². The van der Waals surface area contributed by atoms with E-state index in [0.29, 0.717) is 23.6 Å². The number of amidine groups is 1. The highest BCUT2D eigenvalue weighted by molar-refractivity contribution is 5.96. The molecule has 2 atom stereocenters. The molecule has 0 bridgehead atoms. The molecular formula is C11H21N3. The molecule has 1 aliphatic heterocycles. The molecule has 0 saturated heterocycles. The zero-order chi connectivity index (χ0) is 10.7. The predicted molar refractivity (Wildman–Crippen MR) is 61.5 cm³/mol. The lowest BCUT2D eigenvalue weighted by Gasteiger charge is -2.26. The molecule has 0 aromatic rings. The number of hydrogen-bond acceptors (Lipinski definition) is 3. The first-order chi connectivity index (χ1) is 6.56. The summed E-state index contributed by atoms with van der Waals surface area (Å²) in [5.74, 6) is 2.32. The Morgan fingerprint density at radius 1 is 1.36 bits per heavy atom. The van der Waals surface area contributed by atoms with Gasteiger partial charge in [0.25, 0.3) is 0 Å². The molecule has 0 fully saturated rings. The van der Waals surface area contributed by atoms with E-state index in [1.807, 2.05) is 0 Å². The second kappa shape index (κ2) is 4.58. The topological polar surface area (TPSA) is 50.7 Å². The fourth-order valence-electron chi connectivity index (χ4n) is 1.76. The number of nitrogens with two attached hydrogens (primary N) is 1. The Labute approximate surface area is 86.5 Å². The number of rotatable bonds is 3. The average molecular weight is 195 g/mol. The van der Waals surface area contributed by atoms with Gasteiger partial charge in [0.2, 0.25) is 0 Å². The van der Waals surface area contributed by atoms with Gasteiger partial charge in [0, 0.05) is 18.1 Å². The van der Waals surface area contributed by atoms with Gasteiger partial charge in [0.15, 0.2) is 0 Å². The number of hydrogen-bond donors (Lipinski definition) is 1. The normalized spacial score (nSPS) is 24.5. The van der Waals surface area contributed by atoms with Gasteiger partial charge in [0.05, 0.1) is 0 Å². The van der Waals surface area contributed by atoms with Crippen LogP contribution in [0.3, 0.4) is 0 Å². The van der Waals surface area contributed by atoms with Crippen molar-refractivity contribution in [3.63, 3.8) is 0 Å². The zero-order valence-electron chi connectivity index (χ0n) is 9.62. The van der Waals surface area contributed by atoms with Crippen LogP contribution in [0.2, 0.25) is 0 Å². The van der Waals surface area contributed by atoms with Crippen LogP contribution >= 0.6 is 0 Å². The van der Waals surface area contributed by atoms with Crippen LogP contribution in [0, 0.1) is 17.8 Å². The Balaban J connectivity index is 2.83. The SMILES string of the molecule is CCC1CC(N)=NN=C1C(C)C(C)C. The maximum atomic E-state index is 5.68. The quantitative estimate of drug-likeness (QED) is 0.738. The Kier molecular flexibility index (Phi) is 3.67. The van der Waals surface area contributed by atoms with Crippen molar-refractivity contribution in [2.75, 3.05) is 0 Å². The molecule has 1 rings (SSSR count). The average Bonchev–Trinajstić information content (AvgIpc) is 2.16. The lowest BCUT2D eigenvalue weighted by Crippen LogP contribution is -2.31. The minimum Gasteiger partial charge on any atom is -0.386 e. The van der Waals surface area contributed by atoms with Crippen LogP contribution in [0.15, 0.2) is 10.2 Å². The van der Waals surface area contributed by atoms with Gasteiger partial charge < -0.3 is 5.73 Å². The Hall–Kier alpha value is -0.860. The fraction of sp³-hybridized carbons (Fsp3) is 0.818. The van der Waals surface area contributed by atoms with Crippen LogP contribution in [0.4, 0.5) is 0 Å². The summed E-state index contributed by atoms with van der Waals surface area (Å²) in [5.41, 5.74) is 6.92. The number of nitrogens with zero attached hydrogens (tertiary/aromatic N) is 2. The standard InChI is InChI=1S/C11H21N3/c1-5-9-6-10(12)13-14-11(9)8(4)7(2)3/h7-9H,5-6H2,1-4H3,(H2,12,13). The first-order valence-corrected chi connectivity index (χ1v) is 5.46. The predicted octanol–water partition coefficient (Wildman–Crippen LogP) is 2.42. The molecule has 14 heavy (non-hydrogen) atoms. The van der Waals surface area contributed by atoms with Crippen LogP contribution in [0.5, 0.6) is 0 Å². The molecule has 0 radical (unpaired) electrons. The highest BCUT2D eigenvalue weighted by Crippen LogP contribution is 2.24. The Bertz CT molecular complexity index is 249. The second-order valence-electron chi connectivity index (χ2n) is 4.46. The molecule has 1 aliphatic rings. The molecule has 1 heterocycles. The molecule has 2 unspecified atom stereocenters. The molecule has 0 aromatic carbocycles. The third kappa shape index (κ3) is 2.34. The van der Waals surface area contributed by atoms with Crippen molar-refractivity contribution in [3.05, 3.63) is 0 Å². The largest absolute Gasteiger partial charge is 0.386 e. The van der Waals surface area contributed by atoms with E-state index in [1.165, 1.54) is 5.71 Å². The van der Waals surface area contributed by atoms with E-state index in [9.17, 15) is 0 Å². The maximum Gasteiger partial charge on any atom is 0.123 e. The van der Waals surface area contributed by atoms with Crippen molar-refractivity contribution in [2.45, 2.75) is 40.5 Å². The summed E-state index contributed by atoms with van der Waals surface area (Å²) < 4.78 is 0. The van der Waals surface area contributed by atoms with Gasteiger partial charge >= 0.3 is 0 Å². The van der Waals surface area contributed by atoms with E-state index in [2.05, 4.69) is 37.9 Å². The summed E-state index contributed by atoms with van der Waals surface area (Å²) in [5, 5.41) is 8.26. The second-order valence-corrected chi connectivity index (χ2v) is 4.46. The summed E-state index contributed by atoms with van der Waals surface area (Å²) in [4.78, 5) is 0. The van der Waals surface area contributed by atoms with Crippen molar-refractivity contribution in [3.8, 4) is 0 Å². The van der Waals surface area contributed by atoms with Gasteiger partial charge in [-0.3, -0.25) is 0 Å². The van der Waals surface area contributed by atoms with Gasteiger partial charge in [-0.25, -0.2) is 0 Å². The fourth-order valence-corrected chi connectivity index (χ4v) is 1.76. The van der Waals surface area contributed by atoms with Crippen LogP contribution in [0.1, 0.15) is 40.5 Å². The molecule has 0 amide bonds. The van der Waals surface area contributed by atoms with Crippen molar-refractivity contribution in [1.82, 2.24) is 0 Å². The molecule has 0 saturated carbocycles. The molecule has 0 aromatic heterocycles. The highest BCUT2D eigenvalue weighted by atomic mass is 15.2. The molecule has 3 nitrogen and oxygen atoms in total. The first-order valence-electron chi connectivity index (χ1n) is 5.46. The summed E-state index contributed by atoms with van der Waals surface area (Å²) in [6.07, 6.45) is 1.98. The molecule has 0 aliphatic carbocycles. The van der Waals surface area contributed by atoms with E-state index in [-0.39, 0.29) is 0 Å². The highest BCUT2D eigenvalue weighted by Gasteiger charge is 2.25. The van der Waals surface area contributed by atoms with Crippen LogP contribution in [0.25, 0.3) is 0 Å². The van der Waals surface area contributed by atoms with Crippen LogP contribution < -0.4 is 5.73 Å². The Morgan fingerprint density at radius 3 is 2.50 bits per heavy atom. The van der Waals surface area contributed by atoms with Crippen molar-refractivity contribution in [1.29, 1.82) is 0 Å². The van der Waals surface area contributed by atoms with Crippen LogP contribution in [-0.2, 0) is 0 Å². The minimum atomic E-state index is 0.505. The van der Waals surface area contributed by atoms with Gasteiger partial charge in [0.1, 0.15) is 5.84 Å². The van der Waals surface area contributed by atoms with Crippen molar-refractivity contribution >= 4 is 11.5 Å². The van der Waals surface area contributed by atoms with Crippen molar-refractivity contribution < 1.29 is 0 Å². The Morgan fingerprint density at radius 2 is 2.00 bits per heavy atom. The third-order valence-corrected chi connectivity index (χ3v) is 3.13. The maximum absolute atomic E-state index is 5.68. The molecule has 80 valence electrons. The van der Waals surface area contributed by atoms with Crippen molar-refractivity contribution in [2.24, 2.45) is 33.7 Å². The van der Waals surface area contributed by atoms with E-state index >= 15 is 0 Å². The van der Waals surface area contributed by atoms with Gasteiger partial charge in [-0.2, -0.15) is 5.10 Å². The summed E-state index contributed by atoms with van der Waals surface area (Å²) in [6.45, 7) is 8.86. The summed E-state index contributed by atoms with van der Waals surface area (Å²) in [7, 11) is 0. The zero-order valence-corrected chi connectivity index (χ0v) is 9.62. The minimum absolute atomic E-state index is 0.505. The smallest absolute Gasteiger partial charge is 0.123 e. The van der Waals surface area contributed by atoms with E-state index in [1.54, 1.807) is 0 Å². The van der Waals surface area contributed by atoms with Gasteiger partial charge in [-0.1, -0.05) is 27.7 Å².